The highest BCUT2D eigenvalue weighted by Gasteiger charge is 2.11. The third kappa shape index (κ3) is 8.46. The SMILES string of the molecule is Cc1ccc(Oc2ccc(NC(=O)CCCC(=O)OCC(=O)Nc3cccc(Cl)c3C)cc2)cc1. The lowest BCUT2D eigenvalue weighted by Crippen LogP contribution is -2.21. The van der Waals surface area contributed by atoms with Gasteiger partial charge < -0.3 is 20.1 Å². The van der Waals surface area contributed by atoms with Crippen molar-refractivity contribution < 1.29 is 23.9 Å². The molecule has 0 aliphatic rings. The molecule has 0 saturated heterocycles. The van der Waals surface area contributed by atoms with E-state index < -0.39 is 18.5 Å². The molecule has 2 amide bonds. The van der Waals surface area contributed by atoms with E-state index in [1.165, 1.54) is 0 Å². The third-order valence-electron chi connectivity index (χ3n) is 5.09. The zero-order chi connectivity index (χ0) is 25.2. The number of ether oxygens (including phenoxy) is 2. The first-order valence-corrected chi connectivity index (χ1v) is 11.5. The molecule has 0 spiro atoms. The van der Waals surface area contributed by atoms with Gasteiger partial charge in [0.15, 0.2) is 6.61 Å². The third-order valence-corrected chi connectivity index (χ3v) is 5.49. The van der Waals surface area contributed by atoms with Crippen molar-refractivity contribution in [1.82, 2.24) is 0 Å². The minimum Gasteiger partial charge on any atom is -0.457 e. The highest BCUT2D eigenvalue weighted by Crippen LogP contribution is 2.24. The maximum atomic E-state index is 12.2. The second kappa shape index (κ2) is 12.6. The fraction of sp³-hybridized carbons (Fsp3) is 0.222. The summed E-state index contributed by atoms with van der Waals surface area (Å²) in [4.78, 5) is 36.1. The number of benzene rings is 3. The summed E-state index contributed by atoms with van der Waals surface area (Å²) in [5.41, 5.74) is 3.07. The van der Waals surface area contributed by atoms with Crippen LogP contribution in [0.4, 0.5) is 11.4 Å². The van der Waals surface area contributed by atoms with E-state index in [0.717, 1.165) is 16.9 Å². The van der Waals surface area contributed by atoms with Crippen molar-refractivity contribution in [2.75, 3.05) is 17.2 Å². The van der Waals surface area contributed by atoms with Gasteiger partial charge in [0.2, 0.25) is 5.91 Å². The number of carbonyl (C=O) groups excluding carboxylic acids is 3. The summed E-state index contributed by atoms with van der Waals surface area (Å²) in [6.45, 7) is 3.38. The van der Waals surface area contributed by atoms with Crippen LogP contribution in [0.25, 0.3) is 0 Å². The van der Waals surface area contributed by atoms with Crippen LogP contribution in [0.2, 0.25) is 5.02 Å². The molecule has 0 aliphatic heterocycles. The summed E-state index contributed by atoms with van der Waals surface area (Å²) in [5.74, 6) is 0.157. The van der Waals surface area contributed by atoms with Gasteiger partial charge in [0.05, 0.1) is 0 Å². The molecule has 3 aromatic carbocycles. The predicted molar refractivity (Wildman–Crippen MR) is 136 cm³/mol. The zero-order valence-corrected chi connectivity index (χ0v) is 20.4. The summed E-state index contributed by atoms with van der Waals surface area (Å²) < 4.78 is 10.8. The molecule has 2 N–H and O–H groups in total. The normalized spacial score (nSPS) is 10.4. The first-order chi connectivity index (χ1) is 16.8. The van der Waals surface area contributed by atoms with E-state index in [1.54, 1.807) is 49.4 Å². The Labute approximate surface area is 209 Å². The number of aryl methyl sites for hydroxylation is 1. The fourth-order valence-corrected chi connectivity index (χ4v) is 3.29. The minimum atomic E-state index is -0.548. The van der Waals surface area contributed by atoms with Gasteiger partial charge in [-0.25, -0.2) is 0 Å². The molecule has 3 aromatic rings. The number of carbonyl (C=O) groups is 3. The second-order valence-electron chi connectivity index (χ2n) is 7.96. The van der Waals surface area contributed by atoms with Crippen LogP contribution in [0.15, 0.2) is 66.7 Å². The van der Waals surface area contributed by atoms with Crippen molar-refractivity contribution in [1.29, 1.82) is 0 Å². The van der Waals surface area contributed by atoms with E-state index in [9.17, 15) is 14.4 Å². The fourth-order valence-electron chi connectivity index (χ4n) is 3.11. The van der Waals surface area contributed by atoms with Crippen molar-refractivity contribution in [2.24, 2.45) is 0 Å². The Hall–Kier alpha value is -3.84. The molecule has 8 heteroatoms. The summed E-state index contributed by atoms with van der Waals surface area (Å²) >= 11 is 6.02. The van der Waals surface area contributed by atoms with Crippen molar-refractivity contribution >= 4 is 40.8 Å². The molecule has 0 heterocycles. The van der Waals surface area contributed by atoms with E-state index in [1.807, 2.05) is 31.2 Å². The predicted octanol–water partition coefficient (Wildman–Crippen LogP) is 6.04. The average molecular weight is 495 g/mol. The van der Waals surface area contributed by atoms with Crippen molar-refractivity contribution in [3.8, 4) is 11.5 Å². The molecule has 0 aliphatic carbocycles. The monoisotopic (exact) mass is 494 g/mol. The molecule has 3 rings (SSSR count). The van der Waals surface area contributed by atoms with Crippen LogP contribution in [-0.2, 0) is 19.1 Å². The summed E-state index contributed by atoms with van der Waals surface area (Å²) in [7, 11) is 0. The van der Waals surface area contributed by atoms with Gasteiger partial charge in [0, 0.05) is 29.2 Å². The van der Waals surface area contributed by atoms with Crippen LogP contribution >= 0.6 is 11.6 Å². The topological polar surface area (TPSA) is 93.7 Å². The molecule has 0 atom stereocenters. The van der Waals surface area contributed by atoms with Gasteiger partial charge in [0.25, 0.3) is 5.91 Å². The van der Waals surface area contributed by atoms with E-state index in [4.69, 9.17) is 21.1 Å². The molecule has 0 unspecified atom stereocenters. The maximum Gasteiger partial charge on any atom is 0.306 e. The molecule has 0 aromatic heterocycles. The molecule has 35 heavy (non-hydrogen) atoms. The first-order valence-electron chi connectivity index (χ1n) is 11.1. The molecule has 0 radical (unpaired) electrons. The largest absolute Gasteiger partial charge is 0.457 e. The highest BCUT2D eigenvalue weighted by molar-refractivity contribution is 6.31. The molecular formula is C27H27ClN2O5. The molecule has 7 nitrogen and oxygen atoms in total. The number of amides is 2. The van der Waals surface area contributed by atoms with Crippen LogP contribution in [0, 0.1) is 13.8 Å². The second-order valence-corrected chi connectivity index (χ2v) is 8.37. The maximum absolute atomic E-state index is 12.2. The smallest absolute Gasteiger partial charge is 0.306 e. The van der Waals surface area contributed by atoms with Crippen LogP contribution in [0.1, 0.15) is 30.4 Å². The van der Waals surface area contributed by atoms with Crippen LogP contribution in [0.3, 0.4) is 0 Å². The van der Waals surface area contributed by atoms with Gasteiger partial charge in [-0.05, 0) is 74.4 Å². The van der Waals surface area contributed by atoms with Gasteiger partial charge >= 0.3 is 5.97 Å². The lowest BCUT2D eigenvalue weighted by atomic mass is 10.2. The Morgan fingerprint density at radius 1 is 0.800 bits per heavy atom. The van der Waals surface area contributed by atoms with Crippen LogP contribution < -0.4 is 15.4 Å². The lowest BCUT2D eigenvalue weighted by molar-refractivity contribution is -0.147. The van der Waals surface area contributed by atoms with Gasteiger partial charge in [-0.1, -0.05) is 35.4 Å². The van der Waals surface area contributed by atoms with E-state index >= 15 is 0 Å². The Morgan fingerprint density at radius 3 is 2.14 bits per heavy atom. The van der Waals surface area contributed by atoms with E-state index in [2.05, 4.69) is 10.6 Å². The van der Waals surface area contributed by atoms with Crippen molar-refractivity contribution in [3.05, 3.63) is 82.9 Å². The quantitative estimate of drug-likeness (QED) is 0.335. The Balaban J connectivity index is 1.33. The summed E-state index contributed by atoms with van der Waals surface area (Å²) in [6, 6.07) is 19.9. The number of halogens is 1. The number of hydrogen-bond acceptors (Lipinski definition) is 5. The first kappa shape index (κ1) is 25.8. The minimum absolute atomic E-state index is 0.0280. The molecule has 0 fully saturated rings. The number of esters is 1. The zero-order valence-electron chi connectivity index (χ0n) is 19.6. The Morgan fingerprint density at radius 2 is 1.46 bits per heavy atom. The number of rotatable bonds is 10. The van der Waals surface area contributed by atoms with Crippen molar-refractivity contribution in [2.45, 2.75) is 33.1 Å². The average Bonchev–Trinajstić information content (AvgIpc) is 2.83. The van der Waals surface area contributed by atoms with E-state index in [0.29, 0.717) is 28.6 Å². The van der Waals surface area contributed by atoms with Crippen molar-refractivity contribution in [3.63, 3.8) is 0 Å². The van der Waals surface area contributed by atoms with Gasteiger partial charge in [-0.3, -0.25) is 14.4 Å². The van der Waals surface area contributed by atoms with Gasteiger partial charge in [0.1, 0.15) is 11.5 Å². The van der Waals surface area contributed by atoms with Crippen LogP contribution in [-0.4, -0.2) is 24.4 Å². The molecule has 182 valence electrons. The lowest BCUT2D eigenvalue weighted by Gasteiger charge is -2.10. The molecule has 0 bridgehead atoms. The van der Waals surface area contributed by atoms with Gasteiger partial charge in [-0.15, -0.1) is 0 Å². The van der Waals surface area contributed by atoms with Gasteiger partial charge in [-0.2, -0.15) is 0 Å². The summed E-state index contributed by atoms with van der Waals surface area (Å²) in [5, 5.41) is 5.97. The summed E-state index contributed by atoms with van der Waals surface area (Å²) in [6.07, 6.45) is 0.471. The van der Waals surface area contributed by atoms with E-state index in [-0.39, 0.29) is 18.7 Å². The number of anilines is 2. The number of nitrogens with one attached hydrogen (secondary N) is 2. The highest BCUT2D eigenvalue weighted by atomic mass is 35.5. The molecular weight excluding hydrogens is 468 g/mol. The Bertz CT molecular complexity index is 1180. The van der Waals surface area contributed by atoms with Crippen LogP contribution in [0.5, 0.6) is 11.5 Å². The Kier molecular flexibility index (Phi) is 9.26. The number of hydrogen-bond donors (Lipinski definition) is 2. The standard InChI is InChI=1S/C27H27ClN2O5/c1-18-9-13-21(14-10-18)35-22-15-11-20(12-16-22)29-25(31)7-4-8-27(33)34-17-26(32)30-24-6-3-5-23(28)19(24)2/h3,5-6,9-16H,4,7-8,17H2,1-2H3,(H,29,31)(H,30,32). The molecule has 0 saturated carbocycles.